The lowest BCUT2D eigenvalue weighted by Gasteiger charge is -2.38. The molecule has 2 N–H and O–H groups in total. The van der Waals surface area contributed by atoms with Gasteiger partial charge < -0.3 is 24.6 Å². The highest BCUT2D eigenvalue weighted by Crippen LogP contribution is 2.36. The Bertz CT molecular complexity index is 1210. The van der Waals surface area contributed by atoms with Gasteiger partial charge in [-0.1, -0.05) is 0 Å². The van der Waals surface area contributed by atoms with Crippen LogP contribution in [0.1, 0.15) is 45.8 Å². The molecule has 1 aromatic carbocycles. The van der Waals surface area contributed by atoms with Crippen molar-refractivity contribution in [3.8, 4) is 5.75 Å². The van der Waals surface area contributed by atoms with Crippen LogP contribution in [0.2, 0.25) is 0 Å². The molecule has 34 heavy (non-hydrogen) atoms. The lowest BCUT2D eigenvalue weighted by atomic mass is 10.0. The van der Waals surface area contributed by atoms with Crippen molar-refractivity contribution < 1.29 is 37.0 Å². The third-order valence-corrected chi connectivity index (χ3v) is 6.40. The smallest absolute Gasteiger partial charge is 0.274 e. The number of nitrogens with zero attached hydrogens (tertiary/aromatic N) is 2. The van der Waals surface area contributed by atoms with Crippen LogP contribution in [0.4, 0.5) is 17.6 Å². The number of halogens is 4. The van der Waals surface area contributed by atoms with Crippen LogP contribution in [0.5, 0.6) is 5.75 Å². The molecule has 182 valence electrons. The van der Waals surface area contributed by atoms with E-state index >= 15 is 0 Å². The minimum atomic E-state index is -1.43. The van der Waals surface area contributed by atoms with Crippen molar-refractivity contribution in [3.63, 3.8) is 0 Å². The summed E-state index contributed by atoms with van der Waals surface area (Å²) in [6.45, 7) is 0.815. The Kier molecular flexibility index (Phi) is 6.11. The van der Waals surface area contributed by atoms with Crippen molar-refractivity contribution in [3.05, 3.63) is 62.8 Å². The minimum Gasteiger partial charge on any atom is -0.503 e. The zero-order valence-corrected chi connectivity index (χ0v) is 18.1. The van der Waals surface area contributed by atoms with Crippen LogP contribution in [0.3, 0.4) is 0 Å². The van der Waals surface area contributed by atoms with Crippen LogP contribution in [0.25, 0.3) is 0 Å². The number of hydrogen-bond donors (Lipinski definition) is 2. The highest BCUT2D eigenvalue weighted by molar-refractivity contribution is 5.99. The zero-order chi connectivity index (χ0) is 24.9. The Hall–Kier alpha value is -3.41. The van der Waals surface area contributed by atoms with E-state index in [9.17, 15) is 37.1 Å². The standard InChI is InChI=1S/C22H21F4N3O5/c1-9-13(24)5-17(34-2)16-8-28(9)22(33)18-20(31)19(30)12(7-29(16)18)21(32)27-6-11-14(25)3-10(23)4-15(11)26/h3-4,7,9,13,16-17,31H,5-6,8H2,1-2H3,(H,27,32)/t9-,13-,16+,17+/m0/s1. The number of methoxy groups -OCH3 is 1. The maximum Gasteiger partial charge on any atom is 0.274 e. The highest BCUT2D eigenvalue weighted by atomic mass is 19.1. The van der Waals surface area contributed by atoms with Crippen molar-refractivity contribution in [1.82, 2.24) is 14.8 Å². The van der Waals surface area contributed by atoms with E-state index in [1.165, 1.54) is 23.5 Å². The molecule has 2 aromatic rings. The number of aromatic hydroxyl groups is 1. The molecule has 1 fully saturated rings. The van der Waals surface area contributed by atoms with Crippen LogP contribution in [0, 0.1) is 17.5 Å². The van der Waals surface area contributed by atoms with E-state index in [1.54, 1.807) is 0 Å². The molecule has 4 rings (SSSR count). The molecular weight excluding hydrogens is 462 g/mol. The summed E-state index contributed by atoms with van der Waals surface area (Å²) in [7, 11) is 1.36. The van der Waals surface area contributed by atoms with Crippen LogP contribution in [-0.4, -0.2) is 58.4 Å². The monoisotopic (exact) mass is 483 g/mol. The molecule has 0 aliphatic carbocycles. The largest absolute Gasteiger partial charge is 0.503 e. The zero-order valence-electron chi connectivity index (χ0n) is 18.1. The summed E-state index contributed by atoms with van der Waals surface area (Å²) >= 11 is 0. The number of ether oxygens (including phenoxy) is 1. The quantitative estimate of drug-likeness (QED) is 0.649. The van der Waals surface area contributed by atoms with Gasteiger partial charge in [0.15, 0.2) is 11.4 Å². The van der Waals surface area contributed by atoms with Crippen molar-refractivity contribution in [2.45, 2.75) is 44.2 Å². The number of fused-ring (bicyclic) bond motifs is 4. The summed E-state index contributed by atoms with van der Waals surface area (Å²) < 4.78 is 62.2. The van der Waals surface area contributed by atoms with Gasteiger partial charge in [0.1, 0.15) is 29.2 Å². The van der Waals surface area contributed by atoms with Gasteiger partial charge in [0, 0.05) is 50.5 Å². The average molecular weight is 483 g/mol. The number of rotatable bonds is 4. The van der Waals surface area contributed by atoms with Crippen molar-refractivity contribution in [2.24, 2.45) is 0 Å². The molecular formula is C22H21F4N3O5. The maximum absolute atomic E-state index is 14.7. The van der Waals surface area contributed by atoms with Crippen molar-refractivity contribution >= 4 is 11.8 Å². The molecule has 0 unspecified atom stereocenters. The molecule has 0 radical (unpaired) electrons. The first-order valence-corrected chi connectivity index (χ1v) is 10.4. The fraction of sp³-hybridized carbons (Fsp3) is 0.409. The lowest BCUT2D eigenvalue weighted by molar-refractivity contribution is 0.0314. The number of aromatic nitrogens is 1. The Balaban J connectivity index is 1.73. The molecule has 3 heterocycles. The summed E-state index contributed by atoms with van der Waals surface area (Å²) in [5.74, 6) is -6.48. The molecule has 0 spiro atoms. The number of pyridine rings is 1. The molecule has 1 saturated heterocycles. The molecule has 4 atom stereocenters. The normalized spacial score (nSPS) is 23.9. The topological polar surface area (TPSA) is 101 Å². The molecule has 1 aromatic heterocycles. The first kappa shape index (κ1) is 23.7. The maximum atomic E-state index is 14.7. The molecule has 2 bridgehead atoms. The highest BCUT2D eigenvalue weighted by Gasteiger charge is 2.46. The van der Waals surface area contributed by atoms with Gasteiger partial charge in [-0.25, -0.2) is 17.6 Å². The lowest BCUT2D eigenvalue weighted by Crippen LogP contribution is -2.50. The molecule has 12 heteroatoms. The predicted molar refractivity (Wildman–Crippen MR) is 110 cm³/mol. The number of alkyl halides is 1. The fourth-order valence-electron chi connectivity index (χ4n) is 4.44. The number of carbonyl (C=O) groups is 2. The van der Waals surface area contributed by atoms with Gasteiger partial charge >= 0.3 is 0 Å². The van der Waals surface area contributed by atoms with E-state index in [1.807, 2.05) is 0 Å². The van der Waals surface area contributed by atoms with Crippen molar-refractivity contribution in [2.75, 3.05) is 13.7 Å². The number of nitrogens with one attached hydrogen (secondary N) is 1. The summed E-state index contributed by atoms with van der Waals surface area (Å²) in [5, 5.41) is 12.7. The van der Waals surface area contributed by atoms with E-state index in [2.05, 4.69) is 5.32 Å². The number of benzene rings is 1. The van der Waals surface area contributed by atoms with E-state index < -0.39 is 88.2 Å². The average Bonchev–Trinajstić information content (AvgIpc) is 2.88. The van der Waals surface area contributed by atoms with E-state index in [-0.39, 0.29) is 13.0 Å². The summed E-state index contributed by atoms with van der Waals surface area (Å²) in [4.78, 5) is 39.6. The first-order valence-electron chi connectivity index (χ1n) is 10.4. The Morgan fingerprint density at radius 1 is 1.24 bits per heavy atom. The van der Waals surface area contributed by atoms with Crippen LogP contribution in [-0.2, 0) is 11.3 Å². The Morgan fingerprint density at radius 3 is 2.50 bits per heavy atom. The number of carbonyl (C=O) groups excluding carboxylic acids is 2. The second-order valence-corrected chi connectivity index (χ2v) is 8.30. The van der Waals surface area contributed by atoms with E-state index in [0.717, 1.165) is 6.20 Å². The predicted octanol–water partition coefficient (Wildman–Crippen LogP) is 2.04. The van der Waals surface area contributed by atoms with Gasteiger partial charge in [-0.15, -0.1) is 0 Å². The fourth-order valence-corrected chi connectivity index (χ4v) is 4.44. The van der Waals surface area contributed by atoms with E-state index in [4.69, 9.17) is 4.74 Å². The summed E-state index contributed by atoms with van der Waals surface area (Å²) in [6.07, 6.45) is -1.19. The van der Waals surface area contributed by atoms with Crippen molar-refractivity contribution in [1.29, 1.82) is 0 Å². The Morgan fingerprint density at radius 2 is 1.88 bits per heavy atom. The van der Waals surface area contributed by atoms with Crippen LogP contribution in [0.15, 0.2) is 23.1 Å². The second-order valence-electron chi connectivity index (χ2n) is 8.30. The van der Waals surface area contributed by atoms with Gasteiger partial charge in [0.2, 0.25) is 5.43 Å². The third kappa shape index (κ3) is 3.81. The molecule has 0 saturated carbocycles. The number of amides is 2. The minimum absolute atomic E-state index is 0.0152. The number of hydrogen-bond acceptors (Lipinski definition) is 5. The SMILES string of the molecule is CO[C@@H]1C[C@H](F)[C@H](C)N2C[C@H]1n1cc(C(=O)NCc3c(F)cc(F)cc3F)c(=O)c(O)c1C2=O. The molecule has 2 amide bonds. The Labute approximate surface area is 190 Å². The molecule has 2 aliphatic heterocycles. The summed E-state index contributed by atoms with van der Waals surface area (Å²) in [5.41, 5.74) is -2.82. The van der Waals surface area contributed by atoms with Crippen LogP contribution >= 0.6 is 0 Å². The van der Waals surface area contributed by atoms with Gasteiger partial charge in [-0.05, 0) is 6.92 Å². The molecule has 8 nitrogen and oxygen atoms in total. The third-order valence-electron chi connectivity index (χ3n) is 6.40. The first-order chi connectivity index (χ1) is 16.0. The van der Waals surface area contributed by atoms with Crippen LogP contribution < -0.4 is 10.7 Å². The van der Waals surface area contributed by atoms with Gasteiger partial charge in [-0.3, -0.25) is 14.4 Å². The van der Waals surface area contributed by atoms with Gasteiger partial charge in [0.25, 0.3) is 11.8 Å². The van der Waals surface area contributed by atoms with E-state index in [0.29, 0.717) is 12.1 Å². The summed E-state index contributed by atoms with van der Waals surface area (Å²) in [6, 6.07) is -0.664. The van der Waals surface area contributed by atoms with Gasteiger partial charge in [-0.2, -0.15) is 0 Å². The van der Waals surface area contributed by atoms with Gasteiger partial charge in [0.05, 0.1) is 18.2 Å². The second kappa shape index (κ2) is 8.75. The molecule has 2 aliphatic rings.